The molecule has 0 bridgehead atoms. The molecule has 0 fully saturated rings. The summed E-state index contributed by atoms with van der Waals surface area (Å²) in [4.78, 5) is 0. The first-order chi connectivity index (χ1) is 8.46. The third kappa shape index (κ3) is 4.11. The lowest BCUT2D eigenvalue weighted by molar-refractivity contribution is -0.136. The van der Waals surface area contributed by atoms with Crippen LogP contribution in [-0.2, 0) is 6.18 Å². The topological polar surface area (TPSA) is 35.8 Å². The van der Waals surface area contributed by atoms with Gasteiger partial charge in [0.2, 0.25) is 0 Å². The van der Waals surface area contributed by atoms with Crippen molar-refractivity contribution in [2.75, 3.05) is 11.9 Å². The summed E-state index contributed by atoms with van der Waals surface area (Å²) in [5.41, 5.74) is -0.862. The molecule has 0 saturated carbocycles. The van der Waals surface area contributed by atoms with Gasteiger partial charge in [-0.1, -0.05) is 17.7 Å². The number of para-hydroxylation sites is 1. The largest absolute Gasteiger partial charge is 0.418 e. The Labute approximate surface area is 108 Å². The van der Waals surface area contributed by atoms with E-state index in [0.717, 1.165) is 6.07 Å². The maximum atomic E-state index is 12.7. The number of hydrogen-bond donors (Lipinski definition) is 1. The number of unbranched alkanes of at least 4 members (excludes halogenated alkanes) is 2. The molecule has 1 aromatic carbocycles. The van der Waals surface area contributed by atoms with Crippen molar-refractivity contribution in [3.8, 4) is 6.07 Å². The van der Waals surface area contributed by atoms with E-state index < -0.39 is 11.7 Å². The fraction of sp³-hybridized carbons (Fsp3) is 0.417. The Bertz CT molecular complexity index is 438. The van der Waals surface area contributed by atoms with Crippen molar-refractivity contribution in [1.82, 2.24) is 0 Å². The standard InChI is InChI=1S/C12H12ClF3N2/c13-10-6-4-5-9(12(14,15)16)11(10)18-8-3-1-2-7-17/h4-6,18H,1-3,8H2. The second-order valence-electron chi connectivity index (χ2n) is 3.70. The summed E-state index contributed by atoms with van der Waals surface area (Å²) < 4.78 is 38.1. The van der Waals surface area contributed by atoms with Crippen LogP contribution in [0.1, 0.15) is 24.8 Å². The minimum absolute atomic E-state index is 0.0464. The van der Waals surface area contributed by atoms with Crippen LogP contribution in [0.15, 0.2) is 18.2 Å². The third-order valence-corrected chi connectivity index (χ3v) is 2.65. The van der Waals surface area contributed by atoms with Gasteiger partial charge in [-0.05, 0) is 25.0 Å². The SMILES string of the molecule is N#CCCCCNc1c(Cl)cccc1C(F)(F)F. The van der Waals surface area contributed by atoms with Crippen molar-refractivity contribution in [3.63, 3.8) is 0 Å². The monoisotopic (exact) mass is 276 g/mol. The summed E-state index contributed by atoms with van der Waals surface area (Å²) in [5, 5.41) is 11.1. The van der Waals surface area contributed by atoms with Gasteiger partial charge in [-0.2, -0.15) is 18.4 Å². The summed E-state index contributed by atoms with van der Waals surface area (Å²) >= 11 is 5.76. The highest BCUT2D eigenvalue weighted by atomic mass is 35.5. The molecule has 0 aromatic heterocycles. The van der Waals surface area contributed by atoms with Crippen LogP contribution in [0.25, 0.3) is 0 Å². The number of hydrogen-bond acceptors (Lipinski definition) is 2. The van der Waals surface area contributed by atoms with Crippen LogP contribution < -0.4 is 5.32 Å². The Morgan fingerprint density at radius 1 is 1.28 bits per heavy atom. The van der Waals surface area contributed by atoms with Crippen molar-refractivity contribution >= 4 is 17.3 Å². The van der Waals surface area contributed by atoms with E-state index in [1.54, 1.807) is 0 Å². The second kappa shape index (κ2) is 6.50. The van der Waals surface area contributed by atoms with Gasteiger partial charge in [-0.3, -0.25) is 0 Å². The maximum Gasteiger partial charge on any atom is 0.418 e. The molecule has 1 rings (SSSR count). The zero-order chi connectivity index (χ0) is 13.6. The van der Waals surface area contributed by atoms with Gasteiger partial charge in [0, 0.05) is 13.0 Å². The second-order valence-corrected chi connectivity index (χ2v) is 4.11. The predicted molar refractivity (Wildman–Crippen MR) is 64.4 cm³/mol. The summed E-state index contributed by atoms with van der Waals surface area (Å²) in [6.45, 7) is 0.356. The van der Waals surface area contributed by atoms with Crippen LogP contribution in [0.2, 0.25) is 5.02 Å². The maximum absolute atomic E-state index is 12.7. The lowest BCUT2D eigenvalue weighted by Gasteiger charge is -2.15. The molecule has 18 heavy (non-hydrogen) atoms. The van der Waals surface area contributed by atoms with Crippen LogP contribution in [-0.4, -0.2) is 6.54 Å². The smallest absolute Gasteiger partial charge is 0.383 e. The van der Waals surface area contributed by atoms with Gasteiger partial charge in [0.1, 0.15) is 0 Å². The van der Waals surface area contributed by atoms with E-state index in [-0.39, 0.29) is 10.7 Å². The molecule has 0 radical (unpaired) electrons. The average molecular weight is 277 g/mol. The molecular formula is C12H12ClF3N2. The lowest BCUT2D eigenvalue weighted by atomic mass is 10.1. The first kappa shape index (κ1) is 14.7. The van der Waals surface area contributed by atoms with Gasteiger partial charge in [-0.25, -0.2) is 0 Å². The molecule has 2 nitrogen and oxygen atoms in total. The van der Waals surface area contributed by atoms with Crippen molar-refractivity contribution in [2.45, 2.75) is 25.4 Å². The number of anilines is 1. The molecule has 0 aliphatic rings. The molecule has 0 aliphatic heterocycles. The van der Waals surface area contributed by atoms with E-state index in [2.05, 4.69) is 5.32 Å². The van der Waals surface area contributed by atoms with Gasteiger partial charge in [-0.15, -0.1) is 0 Å². The van der Waals surface area contributed by atoms with E-state index >= 15 is 0 Å². The molecule has 0 heterocycles. The molecule has 0 spiro atoms. The molecular weight excluding hydrogens is 265 g/mol. The molecule has 6 heteroatoms. The first-order valence-corrected chi connectivity index (χ1v) is 5.81. The number of nitrogens with zero attached hydrogens (tertiary/aromatic N) is 1. The summed E-state index contributed by atoms with van der Waals surface area (Å²) in [6.07, 6.45) is -2.76. The van der Waals surface area contributed by atoms with E-state index in [0.29, 0.717) is 25.8 Å². The van der Waals surface area contributed by atoms with Crippen molar-refractivity contribution in [1.29, 1.82) is 5.26 Å². The van der Waals surface area contributed by atoms with E-state index in [9.17, 15) is 13.2 Å². The Morgan fingerprint density at radius 2 is 2.00 bits per heavy atom. The Hall–Kier alpha value is -1.41. The Balaban J connectivity index is 2.72. The van der Waals surface area contributed by atoms with E-state index in [1.807, 2.05) is 6.07 Å². The third-order valence-electron chi connectivity index (χ3n) is 2.34. The normalized spacial score (nSPS) is 11.1. The molecule has 0 unspecified atom stereocenters. The number of alkyl halides is 3. The van der Waals surface area contributed by atoms with Crippen molar-refractivity contribution in [2.24, 2.45) is 0 Å². The lowest BCUT2D eigenvalue weighted by Crippen LogP contribution is -2.12. The summed E-state index contributed by atoms with van der Waals surface area (Å²) in [6, 6.07) is 5.65. The van der Waals surface area contributed by atoms with Gasteiger partial charge in [0.05, 0.1) is 22.3 Å². The number of rotatable bonds is 5. The zero-order valence-electron chi connectivity index (χ0n) is 9.52. The van der Waals surface area contributed by atoms with Crippen molar-refractivity contribution in [3.05, 3.63) is 28.8 Å². The van der Waals surface area contributed by atoms with Gasteiger partial charge in [0.25, 0.3) is 0 Å². The summed E-state index contributed by atoms with van der Waals surface area (Å²) in [5.74, 6) is 0. The van der Waals surface area contributed by atoms with Gasteiger partial charge in [0.15, 0.2) is 0 Å². The van der Waals surface area contributed by atoms with E-state index in [1.165, 1.54) is 12.1 Å². The Kier molecular flexibility index (Phi) is 5.29. The van der Waals surface area contributed by atoms with Crippen LogP contribution in [0, 0.1) is 11.3 Å². The number of nitrogens with one attached hydrogen (secondary N) is 1. The molecule has 1 aromatic rings. The first-order valence-electron chi connectivity index (χ1n) is 5.43. The predicted octanol–water partition coefficient (Wildman–Crippen LogP) is 4.46. The number of benzene rings is 1. The molecule has 0 atom stereocenters. The molecule has 0 aliphatic carbocycles. The quantitative estimate of drug-likeness (QED) is 0.806. The highest BCUT2D eigenvalue weighted by Gasteiger charge is 2.34. The van der Waals surface area contributed by atoms with Crippen LogP contribution in [0.4, 0.5) is 18.9 Å². The average Bonchev–Trinajstić information content (AvgIpc) is 2.29. The minimum Gasteiger partial charge on any atom is -0.383 e. The van der Waals surface area contributed by atoms with Crippen LogP contribution >= 0.6 is 11.6 Å². The zero-order valence-corrected chi connectivity index (χ0v) is 10.3. The molecule has 0 saturated heterocycles. The van der Waals surface area contributed by atoms with Gasteiger partial charge < -0.3 is 5.32 Å². The van der Waals surface area contributed by atoms with E-state index in [4.69, 9.17) is 16.9 Å². The fourth-order valence-corrected chi connectivity index (χ4v) is 1.72. The molecule has 0 amide bonds. The minimum atomic E-state index is -4.43. The highest BCUT2D eigenvalue weighted by Crippen LogP contribution is 2.38. The number of halogens is 4. The van der Waals surface area contributed by atoms with Crippen molar-refractivity contribution < 1.29 is 13.2 Å². The molecule has 1 N–H and O–H groups in total. The van der Waals surface area contributed by atoms with Crippen LogP contribution in [0.5, 0.6) is 0 Å². The highest BCUT2D eigenvalue weighted by molar-refractivity contribution is 6.33. The number of nitriles is 1. The fourth-order valence-electron chi connectivity index (χ4n) is 1.48. The molecule has 98 valence electrons. The van der Waals surface area contributed by atoms with Crippen LogP contribution in [0.3, 0.4) is 0 Å². The van der Waals surface area contributed by atoms with Gasteiger partial charge >= 0.3 is 6.18 Å². The summed E-state index contributed by atoms with van der Waals surface area (Å²) in [7, 11) is 0. The Morgan fingerprint density at radius 3 is 2.61 bits per heavy atom.